The second-order valence-electron chi connectivity index (χ2n) is 17.6. The van der Waals surface area contributed by atoms with Crippen LogP contribution in [0, 0.1) is 29.8 Å². The molecule has 0 amide bonds. The van der Waals surface area contributed by atoms with E-state index in [4.69, 9.17) is 9.72 Å². The molecule has 4 aromatic heterocycles. The van der Waals surface area contributed by atoms with Gasteiger partial charge >= 0.3 is 0 Å². The predicted octanol–water partition coefficient (Wildman–Crippen LogP) is 13.5. The summed E-state index contributed by atoms with van der Waals surface area (Å²) in [5, 5.41) is 14.5. The average molecular weight is 1040 g/mol. The Morgan fingerprint density at radius 2 is 1.24 bits per heavy atom. The summed E-state index contributed by atoms with van der Waals surface area (Å²) in [7, 11) is 0. The Hall–Kier alpha value is -8.04. The van der Waals surface area contributed by atoms with Crippen LogP contribution in [0.4, 0.5) is 0 Å². The summed E-state index contributed by atoms with van der Waals surface area (Å²) in [6.45, 7) is 6.65. The first-order valence-corrected chi connectivity index (χ1v) is 22.0. The van der Waals surface area contributed by atoms with E-state index in [-0.39, 0.29) is 26.5 Å². The SMILES string of the molecule is CC(C)(C)c1ccnc(-n2c3[c-]c(Oc4[c-]c(-n5[c-][n+](-c6c(-c7cccc(C#N)c7)cccc6-n6c7ccccc7c7ccccc76)c6ccccc65)ccc4)ccc3c3ccccc32)c1.[Pt]. The van der Waals surface area contributed by atoms with Crippen LogP contribution in [0.15, 0.2) is 188 Å². The molecule has 324 valence electrons. The minimum atomic E-state index is -0.0426. The summed E-state index contributed by atoms with van der Waals surface area (Å²) in [5.41, 5.74) is 12.3. The Labute approximate surface area is 402 Å². The fourth-order valence-electron chi connectivity index (χ4n) is 9.45. The zero-order valence-corrected chi connectivity index (χ0v) is 39.1. The van der Waals surface area contributed by atoms with E-state index in [2.05, 4.69) is 192 Å². The molecule has 0 N–H and O–H groups in total. The molecular formula is C59H40N6OPt-2. The van der Waals surface area contributed by atoms with Crippen molar-refractivity contribution in [2.75, 3.05) is 0 Å². The van der Waals surface area contributed by atoms with Gasteiger partial charge in [0.25, 0.3) is 6.33 Å². The number of imidazole rings is 1. The Bertz CT molecular complexity index is 3880. The number of ether oxygens (including phenoxy) is 1. The molecule has 12 rings (SSSR count). The van der Waals surface area contributed by atoms with Gasteiger partial charge in [0.15, 0.2) is 0 Å². The smallest absolute Gasteiger partial charge is 0.268 e. The van der Waals surface area contributed by atoms with Gasteiger partial charge in [-0.2, -0.15) is 23.5 Å². The van der Waals surface area contributed by atoms with Crippen LogP contribution in [0.25, 0.3) is 88.7 Å². The molecule has 0 saturated carbocycles. The molecule has 8 aromatic carbocycles. The van der Waals surface area contributed by atoms with Crippen molar-refractivity contribution in [1.29, 1.82) is 5.26 Å². The minimum Gasteiger partial charge on any atom is -0.510 e. The molecule has 0 atom stereocenters. The first kappa shape index (κ1) is 41.6. The minimum absolute atomic E-state index is 0. The van der Waals surface area contributed by atoms with Gasteiger partial charge in [-0.05, 0) is 81.7 Å². The number of fused-ring (bicyclic) bond motifs is 7. The summed E-state index contributed by atoms with van der Waals surface area (Å²) in [5.74, 6) is 1.93. The van der Waals surface area contributed by atoms with Crippen molar-refractivity contribution in [3.05, 3.63) is 218 Å². The maximum Gasteiger partial charge on any atom is 0.268 e. The second kappa shape index (κ2) is 16.4. The summed E-state index contributed by atoms with van der Waals surface area (Å²) in [6.07, 6.45) is 5.67. The first-order chi connectivity index (χ1) is 32.3. The molecule has 0 fully saturated rings. The maximum absolute atomic E-state index is 10.0. The topological polar surface area (TPSA) is 64.6 Å². The van der Waals surface area contributed by atoms with Crippen LogP contribution in [0.1, 0.15) is 31.9 Å². The quantitative estimate of drug-likeness (QED) is 0.118. The van der Waals surface area contributed by atoms with Gasteiger partial charge in [0.1, 0.15) is 5.82 Å². The molecular weight excluding hydrogens is 1000 g/mol. The third kappa shape index (κ3) is 7.01. The van der Waals surface area contributed by atoms with Crippen molar-refractivity contribution in [2.24, 2.45) is 0 Å². The van der Waals surface area contributed by atoms with Gasteiger partial charge in [-0.15, -0.1) is 29.7 Å². The number of aromatic nitrogens is 5. The van der Waals surface area contributed by atoms with Gasteiger partial charge in [-0.3, -0.25) is 4.57 Å². The monoisotopic (exact) mass is 1040 g/mol. The van der Waals surface area contributed by atoms with Crippen molar-refractivity contribution < 1.29 is 30.4 Å². The van der Waals surface area contributed by atoms with Crippen LogP contribution >= 0.6 is 0 Å². The molecule has 4 heterocycles. The number of nitrogens with zero attached hydrogens (tertiary/aromatic N) is 6. The van der Waals surface area contributed by atoms with Gasteiger partial charge in [0.2, 0.25) is 0 Å². The van der Waals surface area contributed by atoms with Gasteiger partial charge in [0.05, 0.1) is 45.1 Å². The normalized spacial score (nSPS) is 11.7. The van der Waals surface area contributed by atoms with E-state index >= 15 is 0 Å². The summed E-state index contributed by atoms with van der Waals surface area (Å²) in [4.78, 5) is 4.85. The number of pyridine rings is 1. The van der Waals surface area contributed by atoms with Gasteiger partial charge in [-0.25, -0.2) is 4.98 Å². The molecule has 0 saturated heterocycles. The van der Waals surface area contributed by atoms with E-state index in [1.807, 2.05) is 59.3 Å². The first-order valence-electron chi connectivity index (χ1n) is 22.0. The van der Waals surface area contributed by atoms with Crippen molar-refractivity contribution in [1.82, 2.24) is 18.7 Å². The van der Waals surface area contributed by atoms with E-state index in [1.54, 1.807) is 0 Å². The summed E-state index contributed by atoms with van der Waals surface area (Å²) >= 11 is 0. The zero-order valence-electron chi connectivity index (χ0n) is 36.8. The molecule has 0 spiro atoms. The Balaban J connectivity index is 0.00000494. The fraction of sp³-hybridized carbons (Fsp3) is 0.0678. The number of hydrogen-bond acceptors (Lipinski definition) is 3. The van der Waals surface area contributed by atoms with Crippen LogP contribution in [-0.2, 0) is 26.5 Å². The Kier molecular flexibility index (Phi) is 10.2. The largest absolute Gasteiger partial charge is 0.510 e. The molecule has 0 unspecified atom stereocenters. The standard InChI is InChI=1S/C59H40N6O.Pt/c1-59(2,3)41-31-32-61-57(34-41)65-52-25-9-6-21-48(52)49-30-29-44(36-56(49)65)66-43-18-13-17-42(35-43)62-38-63(54-27-11-10-26-53(54)62)58-45(40-16-12-15-39(33-40)37-60)22-14-28-55(58)64-50-23-7-4-19-46(50)47-20-5-8-24-51(47)64;/h4-34H,1-3H3;/q-2;. The van der Waals surface area contributed by atoms with Gasteiger partial charge in [0, 0.05) is 55.1 Å². The molecule has 7 nitrogen and oxygen atoms in total. The van der Waals surface area contributed by atoms with Crippen molar-refractivity contribution in [2.45, 2.75) is 26.2 Å². The van der Waals surface area contributed by atoms with E-state index in [1.165, 1.54) is 16.3 Å². The molecule has 0 aliphatic heterocycles. The molecule has 0 aliphatic carbocycles. The number of benzene rings is 8. The van der Waals surface area contributed by atoms with E-state index < -0.39 is 0 Å². The average Bonchev–Trinajstić information content (AvgIpc) is 4.01. The van der Waals surface area contributed by atoms with Crippen LogP contribution in [0.3, 0.4) is 0 Å². The summed E-state index contributed by atoms with van der Waals surface area (Å²) < 4.78 is 15.4. The molecule has 0 bridgehead atoms. The van der Waals surface area contributed by atoms with Crippen molar-refractivity contribution in [3.8, 4) is 51.6 Å². The van der Waals surface area contributed by atoms with Crippen LogP contribution in [0.5, 0.6) is 11.5 Å². The van der Waals surface area contributed by atoms with Gasteiger partial charge in [-0.1, -0.05) is 129 Å². The third-order valence-corrected chi connectivity index (χ3v) is 12.5. The zero-order chi connectivity index (χ0) is 44.5. The third-order valence-electron chi connectivity index (χ3n) is 12.5. The molecule has 67 heavy (non-hydrogen) atoms. The van der Waals surface area contributed by atoms with Crippen LogP contribution in [0.2, 0.25) is 0 Å². The Morgan fingerprint density at radius 1 is 0.597 bits per heavy atom. The van der Waals surface area contributed by atoms with Crippen LogP contribution < -0.4 is 9.30 Å². The number of rotatable bonds is 7. The van der Waals surface area contributed by atoms with E-state index in [9.17, 15) is 5.26 Å². The number of nitriles is 1. The molecule has 8 heteroatoms. The summed E-state index contributed by atoms with van der Waals surface area (Å²) in [6, 6.07) is 71.8. The Morgan fingerprint density at radius 3 is 1.97 bits per heavy atom. The van der Waals surface area contributed by atoms with E-state index in [0.29, 0.717) is 17.1 Å². The molecule has 12 aromatic rings. The van der Waals surface area contributed by atoms with Crippen molar-refractivity contribution in [3.63, 3.8) is 0 Å². The predicted molar refractivity (Wildman–Crippen MR) is 263 cm³/mol. The number of hydrogen-bond donors (Lipinski definition) is 0. The fourth-order valence-corrected chi connectivity index (χ4v) is 9.45. The maximum atomic E-state index is 10.0. The molecule has 0 aliphatic rings. The molecule has 0 radical (unpaired) electrons. The van der Waals surface area contributed by atoms with Crippen molar-refractivity contribution >= 4 is 54.6 Å². The second-order valence-corrected chi connectivity index (χ2v) is 17.6. The number of para-hydroxylation sites is 6. The van der Waals surface area contributed by atoms with Gasteiger partial charge < -0.3 is 18.4 Å². The van der Waals surface area contributed by atoms with E-state index in [0.717, 1.165) is 77.9 Å². The van der Waals surface area contributed by atoms with Crippen LogP contribution in [-0.4, -0.2) is 18.7 Å².